The highest BCUT2D eigenvalue weighted by molar-refractivity contribution is 7.92. The van der Waals surface area contributed by atoms with Gasteiger partial charge in [-0.25, -0.2) is 12.8 Å². The largest absolute Gasteiger partial charge is 0.416 e. The molecule has 2 aromatic carbocycles. The third kappa shape index (κ3) is 5.93. The van der Waals surface area contributed by atoms with Crippen molar-refractivity contribution in [3.8, 4) is 0 Å². The van der Waals surface area contributed by atoms with Gasteiger partial charge in [0.2, 0.25) is 0 Å². The summed E-state index contributed by atoms with van der Waals surface area (Å²) >= 11 is 0. The van der Waals surface area contributed by atoms with Gasteiger partial charge in [-0.05, 0) is 74.3 Å². The van der Waals surface area contributed by atoms with Crippen LogP contribution in [0, 0.1) is 5.82 Å². The fourth-order valence-electron chi connectivity index (χ4n) is 3.41. The molecular weight excluding hydrogens is 430 g/mol. The van der Waals surface area contributed by atoms with E-state index in [1.807, 2.05) is 0 Å². The number of likely N-dealkylation sites (tertiary alicyclic amines) is 1. The van der Waals surface area contributed by atoms with Gasteiger partial charge in [0, 0.05) is 6.54 Å². The molecule has 1 saturated heterocycles. The zero-order valence-electron chi connectivity index (χ0n) is 15.5. The molecule has 0 amide bonds. The Morgan fingerprint density at radius 3 is 2.00 bits per heavy atom. The van der Waals surface area contributed by atoms with Gasteiger partial charge in [-0.3, -0.25) is 0 Å². The van der Waals surface area contributed by atoms with E-state index in [1.165, 1.54) is 12.1 Å². The molecule has 3 nitrogen and oxygen atoms in total. The van der Waals surface area contributed by atoms with Crippen LogP contribution >= 0.6 is 12.4 Å². The van der Waals surface area contributed by atoms with Crippen molar-refractivity contribution < 1.29 is 26.0 Å². The van der Waals surface area contributed by atoms with Crippen LogP contribution < -0.4 is 0 Å². The van der Waals surface area contributed by atoms with Crippen molar-refractivity contribution >= 4 is 22.2 Å². The number of hydrogen-bond acceptors (Lipinski definition) is 3. The number of benzene rings is 2. The molecule has 160 valence electrons. The maximum atomic E-state index is 12.9. The molecule has 0 N–H and O–H groups in total. The van der Waals surface area contributed by atoms with E-state index in [1.54, 1.807) is 12.1 Å². The Balaban J connectivity index is 0.00000300. The number of alkyl halides is 3. The van der Waals surface area contributed by atoms with E-state index in [9.17, 15) is 26.0 Å². The van der Waals surface area contributed by atoms with Gasteiger partial charge in [0.1, 0.15) is 5.82 Å². The lowest BCUT2D eigenvalue weighted by molar-refractivity contribution is -0.137. The van der Waals surface area contributed by atoms with E-state index in [4.69, 9.17) is 0 Å². The summed E-state index contributed by atoms with van der Waals surface area (Å²) in [5.74, 6) is -0.280. The molecule has 9 heteroatoms. The third-order valence-corrected chi connectivity index (χ3v) is 7.39. The van der Waals surface area contributed by atoms with Crippen LogP contribution in [0.5, 0.6) is 0 Å². The molecule has 0 radical (unpaired) electrons. The van der Waals surface area contributed by atoms with Crippen LogP contribution in [0.3, 0.4) is 0 Å². The van der Waals surface area contributed by atoms with E-state index >= 15 is 0 Å². The normalized spacial score (nSPS) is 16.4. The summed E-state index contributed by atoms with van der Waals surface area (Å²) < 4.78 is 76.4. The van der Waals surface area contributed by atoms with Gasteiger partial charge in [0.15, 0.2) is 9.84 Å². The summed E-state index contributed by atoms with van der Waals surface area (Å²) in [7, 11) is -3.66. The first-order valence-corrected chi connectivity index (χ1v) is 10.6. The van der Waals surface area contributed by atoms with Crippen LogP contribution in [0.15, 0.2) is 53.4 Å². The number of nitrogens with zero attached hydrogens (tertiary/aromatic N) is 1. The number of sulfone groups is 1. The van der Waals surface area contributed by atoms with Crippen LogP contribution in [0.4, 0.5) is 17.6 Å². The molecule has 0 aliphatic carbocycles. The maximum Gasteiger partial charge on any atom is 0.416 e. The third-order valence-electron chi connectivity index (χ3n) is 5.11. The van der Waals surface area contributed by atoms with E-state index in [0.29, 0.717) is 25.9 Å². The van der Waals surface area contributed by atoms with Crippen molar-refractivity contribution in [1.29, 1.82) is 0 Å². The lowest BCUT2D eigenvalue weighted by Crippen LogP contribution is -2.40. The van der Waals surface area contributed by atoms with Crippen molar-refractivity contribution in [2.24, 2.45) is 0 Å². The molecule has 29 heavy (non-hydrogen) atoms. The van der Waals surface area contributed by atoms with Gasteiger partial charge in [-0.15, -0.1) is 12.4 Å². The average Bonchev–Trinajstić information content (AvgIpc) is 2.67. The molecule has 0 atom stereocenters. The Morgan fingerprint density at radius 1 is 0.931 bits per heavy atom. The number of halogens is 5. The van der Waals surface area contributed by atoms with Crippen LogP contribution in [0.1, 0.15) is 24.0 Å². The van der Waals surface area contributed by atoms with Crippen LogP contribution in [0.25, 0.3) is 0 Å². The minimum absolute atomic E-state index is 0. The molecule has 0 spiro atoms. The molecule has 1 heterocycles. The second-order valence-corrected chi connectivity index (χ2v) is 9.21. The summed E-state index contributed by atoms with van der Waals surface area (Å²) in [6.07, 6.45) is -2.87. The van der Waals surface area contributed by atoms with E-state index in [2.05, 4.69) is 4.90 Å². The minimum atomic E-state index is -4.49. The lowest BCUT2D eigenvalue weighted by Gasteiger charge is -2.31. The molecule has 1 aliphatic rings. The van der Waals surface area contributed by atoms with Gasteiger partial charge in [-0.1, -0.05) is 12.1 Å². The first-order chi connectivity index (χ1) is 13.2. The van der Waals surface area contributed by atoms with E-state index in [0.717, 1.165) is 42.8 Å². The smallest absolute Gasteiger partial charge is 0.303 e. The van der Waals surface area contributed by atoms with Crippen LogP contribution in [-0.2, 0) is 22.4 Å². The molecule has 0 bridgehead atoms. The molecule has 1 fully saturated rings. The molecule has 3 rings (SSSR count). The number of hydrogen-bond donors (Lipinski definition) is 0. The Kier molecular flexibility index (Phi) is 7.70. The zero-order chi connectivity index (χ0) is 20.4. The standard InChI is InChI=1S/C20H21F4NO2S.ClH/c21-17-5-1-15(2-6-17)9-12-25-13-10-19(11-14-25)28(26,27)18-7-3-16(4-8-18)20(22,23)24;/h1-8,19H,9-14H2;1H. The first kappa shape index (κ1) is 23.6. The highest BCUT2D eigenvalue weighted by Crippen LogP contribution is 2.31. The average molecular weight is 452 g/mol. The minimum Gasteiger partial charge on any atom is -0.303 e. The number of piperidine rings is 1. The Hall–Kier alpha value is -1.64. The second-order valence-electron chi connectivity index (χ2n) is 6.98. The summed E-state index contributed by atoms with van der Waals surface area (Å²) in [4.78, 5) is 2.09. The quantitative estimate of drug-likeness (QED) is 0.616. The molecule has 1 aliphatic heterocycles. The van der Waals surface area contributed by atoms with Crippen molar-refractivity contribution in [2.75, 3.05) is 19.6 Å². The Labute approximate surface area is 174 Å². The fraction of sp³-hybridized carbons (Fsp3) is 0.400. The fourth-order valence-corrected chi connectivity index (χ4v) is 5.14. The Bertz CT molecular complexity index is 892. The van der Waals surface area contributed by atoms with Gasteiger partial charge in [0.05, 0.1) is 15.7 Å². The monoisotopic (exact) mass is 451 g/mol. The molecule has 0 aromatic heterocycles. The molecule has 0 unspecified atom stereocenters. The summed E-state index contributed by atoms with van der Waals surface area (Å²) in [6, 6.07) is 10.00. The maximum absolute atomic E-state index is 12.9. The highest BCUT2D eigenvalue weighted by Gasteiger charge is 2.33. The summed E-state index contributed by atoms with van der Waals surface area (Å²) in [5.41, 5.74) is 0.156. The van der Waals surface area contributed by atoms with E-state index in [-0.39, 0.29) is 23.1 Å². The zero-order valence-corrected chi connectivity index (χ0v) is 17.2. The summed E-state index contributed by atoms with van der Waals surface area (Å²) in [6.45, 7) is 1.95. The highest BCUT2D eigenvalue weighted by atomic mass is 35.5. The molecule has 2 aromatic rings. The predicted octanol–water partition coefficient (Wildman–Crippen LogP) is 4.75. The van der Waals surface area contributed by atoms with Crippen LogP contribution in [0.2, 0.25) is 0 Å². The predicted molar refractivity (Wildman–Crippen MR) is 105 cm³/mol. The van der Waals surface area contributed by atoms with Crippen molar-refractivity contribution in [2.45, 2.75) is 35.6 Å². The second kappa shape index (κ2) is 9.45. The number of rotatable bonds is 5. The van der Waals surface area contributed by atoms with Crippen molar-refractivity contribution in [3.05, 3.63) is 65.5 Å². The van der Waals surface area contributed by atoms with Gasteiger partial charge < -0.3 is 4.90 Å². The van der Waals surface area contributed by atoms with Gasteiger partial charge in [0.25, 0.3) is 0 Å². The summed E-state index contributed by atoms with van der Waals surface area (Å²) in [5, 5.41) is -0.591. The van der Waals surface area contributed by atoms with Gasteiger partial charge >= 0.3 is 6.18 Å². The van der Waals surface area contributed by atoms with Gasteiger partial charge in [-0.2, -0.15) is 13.2 Å². The van der Waals surface area contributed by atoms with Crippen molar-refractivity contribution in [1.82, 2.24) is 4.90 Å². The van der Waals surface area contributed by atoms with Crippen molar-refractivity contribution in [3.63, 3.8) is 0 Å². The molecular formula is C20H22ClF4NO2S. The van der Waals surface area contributed by atoms with E-state index < -0.39 is 26.8 Å². The van der Waals surface area contributed by atoms with Crippen LogP contribution in [-0.4, -0.2) is 38.2 Å². The lowest BCUT2D eigenvalue weighted by atomic mass is 10.1. The molecule has 0 saturated carbocycles. The SMILES string of the molecule is Cl.O=S(=O)(c1ccc(C(F)(F)F)cc1)C1CCN(CCc2ccc(F)cc2)CC1. The first-order valence-electron chi connectivity index (χ1n) is 9.04. The topological polar surface area (TPSA) is 37.4 Å². The Morgan fingerprint density at radius 2 is 1.48 bits per heavy atom.